The van der Waals surface area contributed by atoms with Gasteiger partial charge in [-0.1, -0.05) is 32.0 Å². The van der Waals surface area contributed by atoms with Gasteiger partial charge < -0.3 is 14.5 Å². The van der Waals surface area contributed by atoms with Crippen LogP contribution in [0.1, 0.15) is 40.5 Å². The molecule has 31 heavy (non-hydrogen) atoms. The fourth-order valence-corrected chi connectivity index (χ4v) is 5.59. The van der Waals surface area contributed by atoms with Crippen molar-refractivity contribution >= 4 is 23.1 Å². The zero-order valence-electron chi connectivity index (χ0n) is 17.9. The van der Waals surface area contributed by atoms with Crippen molar-refractivity contribution in [2.24, 2.45) is 5.41 Å². The number of carbonyl (C=O) groups is 1. The molecule has 0 heterocycles. The number of ether oxygens (including phenoxy) is 1. The van der Waals surface area contributed by atoms with Gasteiger partial charge >= 0.3 is 7.60 Å². The van der Waals surface area contributed by atoms with E-state index in [4.69, 9.17) is 14.5 Å². The van der Waals surface area contributed by atoms with E-state index in [1.807, 2.05) is 18.2 Å². The van der Waals surface area contributed by atoms with E-state index in [9.17, 15) is 17.8 Å². The van der Waals surface area contributed by atoms with Gasteiger partial charge in [0.2, 0.25) is 15.5 Å². The van der Waals surface area contributed by atoms with Crippen molar-refractivity contribution in [1.29, 1.82) is 0 Å². The summed E-state index contributed by atoms with van der Waals surface area (Å²) in [7, 11) is -8.71. The van der Waals surface area contributed by atoms with E-state index in [-0.39, 0.29) is 17.7 Å². The van der Waals surface area contributed by atoms with Gasteiger partial charge in [0, 0.05) is 12.0 Å². The highest BCUT2D eigenvalue weighted by molar-refractivity contribution is 7.89. The molecule has 0 aliphatic rings. The van der Waals surface area contributed by atoms with Gasteiger partial charge in [0.1, 0.15) is 11.5 Å². The molecule has 0 unspecified atom stereocenters. The average molecular weight is 469 g/mol. The van der Waals surface area contributed by atoms with Gasteiger partial charge in [0.25, 0.3) is 0 Å². The summed E-state index contributed by atoms with van der Waals surface area (Å²) in [6.07, 6.45) is -0.186. The van der Waals surface area contributed by atoms with Crippen molar-refractivity contribution < 1.29 is 32.3 Å². The normalized spacial score (nSPS) is 13.1. The lowest BCUT2D eigenvalue weighted by Crippen LogP contribution is -2.46. The highest BCUT2D eigenvalue weighted by Crippen LogP contribution is 2.43. The first kappa shape index (κ1) is 25.2. The number of hydrogen-bond acceptors (Lipinski definition) is 5. The van der Waals surface area contributed by atoms with Gasteiger partial charge in [-0.2, -0.15) is 0 Å². The van der Waals surface area contributed by atoms with Gasteiger partial charge in [-0.25, -0.2) is 13.1 Å². The first-order valence-corrected chi connectivity index (χ1v) is 12.7. The van der Waals surface area contributed by atoms with Gasteiger partial charge in [-0.15, -0.1) is 0 Å². The highest BCUT2D eigenvalue weighted by atomic mass is 32.2. The molecule has 0 aromatic heterocycles. The molecule has 0 amide bonds. The molecule has 10 heteroatoms. The Hall–Kier alpha value is -2.03. The number of nitrogens with one attached hydrogen (secondary N) is 1. The minimum atomic E-state index is -4.83. The second-order valence-corrected chi connectivity index (χ2v) is 12.1. The Balaban J connectivity index is 2.09. The Morgan fingerprint density at radius 1 is 0.968 bits per heavy atom. The van der Waals surface area contributed by atoms with E-state index in [1.54, 1.807) is 52.0 Å². The molecule has 0 saturated heterocycles. The van der Waals surface area contributed by atoms with Gasteiger partial charge in [-0.3, -0.25) is 9.36 Å². The number of hydrogen-bond donors (Lipinski definition) is 3. The van der Waals surface area contributed by atoms with Crippen molar-refractivity contribution in [2.45, 2.75) is 51.0 Å². The third-order valence-electron chi connectivity index (χ3n) is 4.40. The van der Waals surface area contributed by atoms with Crippen LogP contribution in [0.5, 0.6) is 11.5 Å². The summed E-state index contributed by atoms with van der Waals surface area (Å²) >= 11 is 0. The van der Waals surface area contributed by atoms with Crippen molar-refractivity contribution in [3.05, 3.63) is 54.6 Å². The molecule has 0 aliphatic heterocycles. The summed E-state index contributed by atoms with van der Waals surface area (Å²) < 4.78 is 45.1. The fourth-order valence-electron chi connectivity index (χ4n) is 3.54. The van der Waals surface area contributed by atoms with E-state index in [2.05, 4.69) is 4.72 Å². The standard InChI is InChI=1S/C21H28NO7PS/c1-20(2,14-19(23)30(24,25)26)15-21(3,4)22-31(27,28)18-12-10-17(11-13-18)29-16-8-6-5-7-9-16/h5-13,22H,14-15H2,1-4H3,(H2,24,25,26). The lowest BCUT2D eigenvalue weighted by atomic mass is 9.78. The molecule has 0 fully saturated rings. The van der Waals surface area contributed by atoms with Crippen LogP contribution in [0.25, 0.3) is 0 Å². The van der Waals surface area contributed by atoms with Gasteiger partial charge in [0.15, 0.2) is 0 Å². The number of benzene rings is 2. The number of carbonyl (C=O) groups excluding carboxylic acids is 1. The summed E-state index contributed by atoms with van der Waals surface area (Å²) in [6, 6.07) is 15.1. The predicted molar refractivity (Wildman–Crippen MR) is 117 cm³/mol. The maximum atomic E-state index is 12.8. The second kappa shape index (κ2) is 9.22. The largest absolute Gasteiger partial charge is 0.457 e. The van der Waals surface area contributed by atoms with Crippen molar-refractivity contribution in [3.8, 4) is 11.5 Å². The summed E-state index contributed by atoms with van der Waals surface area (Å²) in [5, 5.41) is 0. The number of rotatable bonds is 10. The maximum absolute atomic E-state index is 12.8. The quantitative estimate of drug-likeness (QED) is 0.448. The smallest absolute Gasteiger partial charge is 0.391 e. The van der Waals surface area contributed by atoms with Crippen LogP contribution in [0, 0.1) is 5.41 Å². The predicted octanol–water partition coefficient (Wildman–Crippen LogP) is 4.05. The molecule has 0 saturated carbocycles. The first-order valence-electron chi connectivity index (χ1n) is 9.56. The topological polar surface area (TPSA) is 130 Å². The minimum absolute atomic E-state index is 0.0464. The summed E-state index contributed by atoms with van der Waals surface area (Å²) in [4.78, 5) is 29.8. The molecular weight excluding hydrogens is 441 g/mol. The lowest BCUT2D eigenvalue weighted by molar-refractivity contribution is -0.115. The molecule has 2 aromatic rings. The lowest BCUT2D eigenvalue weighted by Gasteiger charge is -2.35. The fraction of sp³-hybridized carbons (Fsp3) is 0.381. The molecule has 170 valence electrons. The maximum Gasteiger partial charge on any atom is 0.391 e. The van der Waals surface area contributed by atoms with Crippen molar-refractivity contribution in [3.63, 3.8) is 0 Å². The van der Waals surface area contributed by atoms with E-state index in [1.165, 1.54) is 12.1 Å². The van der Waals surface area contributed by atoms with Gasteiger partial charge in [0.05, 0.1) is 4.90 Å². The number of sulfonamides is 1. The monoisotopic (exact) mass is 469 g/mol. The van der Waals surface area contributed by atoms with Crippen LogP contribution in [-0.4, -0.2) is 29.3 Å². The SMILES string of the molecule is CC(C)(CC(=O)P(=O)(O)O)CC(C)(C)NS(=O)(=O)c1ccc(Oc2ccccc2)cc1. The van der Waals surface area contributed by atoms with Crippen LogP contribution in [0.4, 0.5) is 0 Å². The average Bonchev–Trinajstić information content (AvgIpc) is 2.59. The van der Waals surface area contributed by atoms with Gasteiger partial charge in [-0.05, 0) is 62.1 Å². The van der Waals surface area contributed by atoms with Crippen LogP contribution in [0.3, 0.4) is 0 Å². The van der Waals surface area contributed by atoms with E-state index in [0.717, 1.165) is 0 Å². The van der Waals surface area contributed by atoms with E-state index < -0.39 is 34.1 Å². The van der Waals surface area contributed by atoms with Crippen LogP contribution in [-0.2, 0) is 19.4 Å². The Morgan fingerprint density at radius 2 is 1.48 bits per heavy atom. The molecule has 3 N–H and O–H groups in total. The Bertz CT molecular complexity index is 1060. The molecule has 8 nitrogen and oxygen atoms in total. The molecule has 2 aromatic carbocycles. The Labute approximate surface area is 182 Å². The first-order chi connectivity index (χ1) is 14.1. The van der Waals surface area contributed by atoms with Crippen molar-refractivity contribution in [1.82, 2.24) is 4.72 Å². The Morgan fingerprint density at radius 3 is 2.00 bits per heavy atom. The van der Waals surface area contributed by atoms with Crippen LogP contribution >= 0.6 is 7.60 Å². The Kier molecular flexibility index (Phi) is 7.51. The molecule has 0 aliphatic carbocycles. The summed E-state index contributed by atoms with van der Waals surface area (Å²) in [5.41, 5.74) is -2.97. The molecule has 2 rings (SSSR count). The van der Waals surface area contributed by atoms with Crippen molar-refractivity contribution in [2.75, 3.05) is 0 Å². The molecule has 0 radical (unpaired) electrons. The highest BCUT2D eigenvalue weighted by Gasteiger charge is 2.37. The molecular formula is C21H28NO7PS. The molecule has 0 bridgehead atoms. The second-order valence-electron chi connectivity index (χ2n) is 8.83. The zero-order chi connectivity index (χ0) is 23.5. The summed E-state index contributed by atoms with van der Waals surface area (Å²) in [5.74, 6) is 1.12. The third-order valence-corrected chi connectivity index (χ3v) is 6.92. The summed E-state index contributed by atoms with van der Waals surface area (Å²) in [6.45, 7) is 6.63. The molecule has 0 spiro atoms. The van der Waals surface area contributed by atoms with Crippen LogP contribution < -0.4 is 9.46 Å². The van der Waals surface area contributed by atoms with Crippen LogP contribution in [0.2, 0.25) is 0 Å². The van der Waals surface area contributed by atoms with Crippen LogP contribution in [0.15, 0.2) is 59.5 Å². The minimum Gasteiger partial charge on any atom is -0.457 e. The number of para-hydroxylation sites is 1. The molecule has 0 atom stereocenters. The van der Waals surface area contributed by atoms with E-state index in [0.29, 0.717) is 11.5 Å². The zero-order valence-corrected chi connectivity index (χ0v) is 19.6. The van der Waals surface area contributed by atoms with E-state index >= 15 is 0 Å². The third kappa shape index (κ3) is 7.87.